The molecule has 3 aromatic carbocycles. The Labute approximate surface area is 222 Å². The van der Waals surface area contributed by atoms with Crippen LogP contribution in [0, 0.1) is 0 Å². The van der Waals surface area contributed by atoms with Crippen LogP contribution in [0.5, 0.6) is 5.75 Å². The number of carbonyl (C=O) groups is 2. The topological polar surface area (TPSA) is 96.5 Å². The molecule has 1 aromatic heterocycles. The van der Waals surface area contributed by atoms with Gasteiger partial charge in [-0.15, -0.1) is 0 Å². The number of ether oxygens (including phenoxy) is 2. The third-order valence-electron chi connectivity index (χ3n) is 6.21. The summed E-state index contributed by atoms with van der Waals surface area (Å²) in [7, 11) is 1.63. The van der Waals surface area contributed by atoms with Gasteiger partial charge in [-0.1, -0.05) is 43.3 Å². The van der Waals surface area contributed by atoms with Crippen LogP contribution in [0.25, 0.3) is 11.3 Å². The number of H-pyrrole nitrogens is 1. The van der Waals surface area contributed by atoms with Gasteiger partial charge in [0.25, 0.3) is 0 Å². The average molecular weight is 513 g/mol. The number of esters is 1. The molecular formula is C30H32N4O4. The second-order valence-corrected chi connectivity index (χ2v) is 8.72. The van der Waals surface area contributed by atoms with Gasteiger partial charge in [-0.2, -0.15) is 5.10 Å². The molecule has 2 N–H and O–H groups in total. The van der Waals surface area contributed by atoms with Crippen LogP contribution in [-0.4, -0.2) is 40.8 Å². The van der Waals surface area contributed by atoms with Crippen LogP contribution < -0.4 is 10.1 Å². The normalized spacial score (nSPS) is 10.6. The van der Waals surface area contributed by atoms with E-state index >= 15 is 0 Å². The van der Waals surface area contributed by atoms with Crippen LogP contribution in [-0.2, 0) is 24.2 Å². The molecule has 0 atom stereocenters. The fourth-order valence-electron chi connectivity index (χ4n) is 4.12. The lowest BCUT2D eigenvalue weighted by Gasteiger charge is -2.24. The fraction of sp³-hybridized carbons (Fsp3) is 0.233. The summed E-state index contributed by atoms with van der Waals surface area (Å²) in [6, 6.07) is 22.4. The third-order valence-corrected chi connectivity index (χ3v) is 6.21. The first-order valence-corrected chi connectivity index (χ1v) is 12.6. The maximum atomic E-state index is 13.6. The first-order valence-electron chi connectivity index (χ1n) is 12.6. The molecular weight excluding hydrogens is 480 g/mol. The van der Waals surface area contributed by atoms with Crippen molar-refractivity contribution in [3.05, 3.63) is 101 Å². The van der Waals surface area contributed by atoms with E-state index < -0.39 is 5.97 Å². The van der Waals surface area contributed by atoms with Gasteiger partial charge >= 0.3 is 12.0 Å². The Morgan fingerprint density at radius 3 is 2.32 bits per heavy atom. The Balaban J connectivity index is 1.62. The number of nitrogens with zero attached hydrogens (tertiary/aromatic N) is 2. The highest BCUT2D eigenvalue weighted by molar-refractivity contribution is 6.00. The van der Waals surface area contributed by atoms with Crippen molar-refractivity contribution in [2.75, 3.05) is 19.0 Å². The zero-order valence-electron chi connectivity index (χ0n) is 21.9. The molecule has 1 heterocycles. The Morgan fingerprint density at radius 2 is 1.63 bits per heavy atom. The molecule has 0 aliphatic carbocycles. The van der Waals surface area contributed by atoms with E-state index in [1.165, 1.54) is 5.56 Å². The summed E-state index contributed by atoms with van der Waals surface area (Å²) in [6.45, 7) is 4.76. The van der Waals surface area contributed by atoms with Crippen molar-refractivity contribution < 1.29 is 19.1 Å². The van der Waals surface area contributed by atoms with Gasteiger partial charge in [0.1, 0.15) is 5.75 Å². The minimum Gasteiger partial charge on any atom is -0.497 e. The molecule has 4 rings (SSSR count). The highest BCUT2D eigenvalue weighted by atomic mass is 16.5. The van der Waals surface area contributed by atoms with Gasteiger partial charge < -0.3 is 19.7 Å². The van der Waals surface area contributed by atoms with Gasteiger partial charge in [-0.3, -0.25) is 5.10 Å². The van der Waals surface area contributed by atoms with Crippen molar-refractivity contribution in [2.24, 2.45) is 0 Å². The maximum absolute atomic E-state index is 13.6. The third kappa shape index (κ3) is 6.39. The molecule has 196 valence electrons. The molecule has 4 aromatic rings. The number of nitrogens with one attached hydrogen (secondary N) is 2. The van der Waals surface area contributed by atoms with Gasteiger partial charge in [0.05, 0.1) is 43.4 Å². The number of amides is 2. The minimum absolute atomic E-state index is 0.246. The van der Waals surface area contributed by atoms with E-state index in [4.69, 9.17) is 9.47 Å². The second kappa shape index (κ2) is 12.6. The molecule has 0 unspecified atom stereocenters. The smallest absolute Gasteiger partial charge is 0.340 e. The molecule has 0 spiro atoms. The number of urea groups is 1. The first-order chi connectivity index (χ1) is 18.5. The zero-order valence-corrected chi connectivity index (χ0v) is 21.9. The Hall–Kier alpha value is -4.59. The van der Waals surface area contributed by atoms with Crippen molar-refractivity contribution in [1.82, 2.24) is 15.1 Å². The fourth-order valence-corrected chi connectivity index (χ4v) is 4.12. The number of rotatable bonds is 10. The van der Waals surface area contributed by atoms with Gasteiger partial charge in [0.2, 0.25) is 0 Å². The Morgan fingerprint density at radius 1 is 0.921 bits per heavy atom. The van der Waals surface area contributed by atoms with Crippen LogP contribution in [0.15, 0.2) is 79.0 Å². The largest absolute Gasteiger partial charge is 0.497 e. The van der Waals surface area contributed by atoms with Crippen LogP contribution in [0.2, 0.25) is 0 Å². The number of methoxy groups -OCH3 is 1. The first kappa shape index (κ1) is 26.5. The summed E-state index contributed by atoms with van der Waals surface area (Å²) < 4.78 is 10.4. The molecule has 0 aliphatic heterocycles. The van der Waals surface area contributed by atoms with Crippen LogP contribution in [0.4, 0.5) is 10.5 Å². The standard InChI is InChI=1S/C30H32N4O4/c1-4-21-10-12-22(13-11-21)19-34(30(36)32-27-9-7-6-8-26(27)29(35)38-5-2)20-24-18-31-33-28(24)23-14-16-25(37-3)17-15-23/h6-18H,4-5,19-20H2,1-3H3,(H,31,33)(H,32,36). The van der Waals surface area contributed by atoms with Gasteiger partial charge in [0, 0.05) is 17.7 Å². The molecule has 0 bridgehead atoms. The molecule has 8 heteroatoms. The minimum atomic E-state index is -0.485. The summed E-state index contributed by atoms with van der Waals surface area (Å²) in [5, 5.41) is 10.2. The molecule has 0 radical (unpaired) electrons. The van der Waals surface area contributed by atoms with E-state index in [0.29, 0.717) is 24.3 Å². The van der Waals surface area contributed by atoms with Crippen molar-refractivity contribution in [3.63, 3.8) is 0 Å². The predicted molar refractivity (Wildman–Crippen MR) is 147 cm³/mol. The molecule has 0 saturated carbocycles. The summed E-state index contributed by atoms with van der Waals surface area (Å²) in [4.78, 5) is 27.8. The zero-order chi connectivity index (χ0) is 26.9. The van der Waals surface area contributed by atoms with E-state index in [-0.39, 0.29) is 12.6 Å². The number of carbonyl (C=O) groups excluding carboxylic acids is 2. The van der Waals surface area contributed by atoms with Gasteiger partial charge in [-0.05, 0) is 60.9 Å². The van der Waals surface area contributed by atoms with E-state index in [0.717, 1.165) is 34.6 Å². The predicted octanol–water partition coefficient (Wildman–Crippen LogP) is 6.06. The summed E-state index contributed by atoms with van der Waals surface area (Å²) in [5.74, 6) is 0.272. The van der Waals surface area contributed by atoms with Crippen molar-refractivity contribution in [3.8, 4) is 17.0 Å². The second-order valence-electron chi connectivity index (χ2n) is 8.72. The van der Waals surface area contributed by atoms with Crippen LogP contribution in [0.1, 0.15) is 40.9 Å². The highest BCUT2D eigenvalue weighted by Crippen LogP contribution is 2.26. The van der Waals surface area contributed by atoms with Gasteiger partial charge in [0.15, 0.2) is 0 Å². The van der Waals surface area contributed by atoms with E-state index in [1.807, 2.05) is 36.4 Å². The lowest BCUT2D eigenvalue weighted by atomic mass is 10.1. The van der Waals surface area contributed by atoms with Crippen molar-refractivity contribution in [2.45, 2.75) is 33.4 Å². The molecule has 0 fully saturated rings. The number of anilines is 1. The maximum Gasteiger partial charge on any atom is 0.340 e. The van der Waals surface area contributed by atoms with Gasteiger partial charge in [-0.25, -0.2) is 9.59 Å². The summed E-state index contributed by atoms with van der Waals surface area (Å²) in [5.41, 5.74) is 5.52. The molecule has 0 saturated heterocycles. The molecule has 8 nitrogen and oxygen atoms in total. The number of para-hydroxylation sites is 1. The highest BCUT2D eigenvalue weighted by Gasteiger charge is 2.21. The molecule has 0 aliphatic rings. The van der Waals surface area contributed by atoms with Crippen molar-refractivity contribution in [1.29, 1.82) is 0 Å². The van der Waals surface area contributed by atoms with E-state index in [9.17, 15) is 9.59 Å². The van der Waals surface area contributed by atoms with E-state index in [1.54, 1.807) is 49.4 Å². The number of aryl methyl sites for hydroxylation is 1. The number of aromatic nitrogens is 2. The average Bonchev–Trinajstić information content (AvgIpc) is 3.41. The Kier molecular flexibility index (Phi) is 8.77. The lowest BCUT2D eigenvalue weighted by molar-refractivity contribution is 0.0527. The Bertz CT molecular complexity index is 1360. The summed E-state index contributed by atoms with van der Waals surface area (Å²) >= 11 is 0. The number of aromatic amines is 1. The molecule has 38 heavy (non-hydrogen) atoms. The van der Waals surface area contributed by atoms with Crippen molar-refractivity contribution >= 4 is 17.7 Å². The number of benzene rings is 3. The summed E-state index contributed by atoms with van der Waals surface area (Å²) in [6.07, 6.45) is 2.67. The monoisotopic (exact) mass is 512 g/mol. The number of hydrogen-bond donors (Lipinski definition) is 2. The lowest BCUT2D eigenvalue weighted by Crippen LogP contribution is -2.34. The van der Waals surface area contributed by atoms with E-state index in [2.05, 4.69) is 34.6 Å². The number of hydrogen-bond acceptors (Lipinski definition) is 5. The van der Waals surface area contributed by atoms with Crippen LogP contribution in [0.3, 0.4) is 0 Å². The SMILES string of the molecule is CCOC(=O)c1ccccc1NC(=O)N(Cc1ccc(CC)cc1)Cc1cn[nH]c1-c1ccc(OC)cc1. The van der Waals surface area contributed by atoms with Crippen LogP contribution >= 0.6 is 0 Å². The quantitative estimate of drug-likeness (QED) is 0.252. The molecule has 2 amide bonds.